The second kappa shape index (κ2) is 10.7. The summed E-state index contributed by atoms with van der Waals surface area (Å²) in [6.07, 6.45) is 3.79. The summed E-state index contributed by atoms with van der Waals surface area (Å²) < 4.78 is 43.6. The molecule has 0 unspecified atom stereocenters. The van der Waals surface area contributed by atoms with Gasteiger partial charge in [-0.05, 0) is 64.4 Å². The number of halogens is 4. The fourth-order valence-corrected chi connectivity index (χ4v) is 4.80. The molecule has 7 nitrogen and oxygen atoms in total. The lowest BCUT2D eigenvalue weighted by Gasteiger charge is -2.32. The van der Waals surface area contributed by atoms with Crippen molar-refractivity contribution in [1.29, 1.82) is 0 Å². The summed E-state index contributed by atoms with van der Waals surface area (Å²) in [4.78, 5) is 34.4. The van der Waals surface area contributed by atoms with Crippen LogP contribution in [0.25, 0.3) is 0 Å². The van der Waals surface area contributed by atoms with Crippen LogP contribution in [-0.4, -0.2) is 59.3 Å². The van der Waals surface area contributed by atoms with Gasteiger partial charge >= 0.3 is 0 Å². The highest BCUT2D eigenvalue weighted by Crippen LogP contribution is 2.65. The number of aryl methyl sites for hydroxylation is 1. The predicted octanol–water partition coefficient (Wildman–Crippen LogP) is 3.87. The summed E-state index contributed by atoms with van der Waals surface area (Å²) in [6, 6.07) is 2.52. The largest absolute Gasteiger partial charge is 0.366 e. The lowest BCUT2D eigenvalue weighted by Crippen LogP contribution is -2.43. The van der Waals surface area contributed by atoms with Crippen LogP contribution in [0.1, 0.15) is 59.4 Å². The van der Waals surface area contributed by atoms with Crippen LogP contribution in [0.4, 0.5) is 13.2 Å². The van der Waals surface area contributed by atoms with Gasteiger partial charge in [-0.1, -0.05) is 17.7 Å². The van der Waals surface area contributed by atoms with Crippen LogP contribution in [0.5, 0.6) is 0 Å². The van der Waals surface area contributed by atoms with Crippen LogP contribution in [0.15, 0.2) is 24.5 Å². The van der Waals surface area contributed by atoms with E-state index in [2.05, 4.69) is 15.3 Å². The third-order valence-electron chi connectivity index (χ3n) is 7.07. The molecule has 11 heteroatoms. The minimum Gasteiger partial charge on any atom is -0.366 e. The molecule has 3 N–H and O–H groups in total. The van der Waals surface area contributed by atoms with Gasteiger partial charge in [-0.25, -0.2) is 23.1 Å². The van der Waals surface area contributed by atoms with Gasteiger partial charge in [0.15, 0.2) is 5.82 Å². The zero-order valence-corrected chi connectivity index (χ0v) is 21.5. The molecule has 1 aromatic carbocycles. The molecule has 0 saturated heterocycles. The number of likely N-dealkylation sites (N-methyl/N-ethyl adjacent to an activating group) is 1. The lowest BCUT2D eigenvalue weighted by molar-refractivity contribution is -0.123. The molecule has 2 aromatic rings. The van der Waals surface area contributed by atoms with E-state index in [4.69, 9.17) is 17.3 Å². The fraction of sp³-hybridized carbons (Fsp3) is 0.520. The van der Waals surface area contributed by atoms with E-state index in [9.17, 15) is 22.8 Å². The standard InChI is InChI=1S/C25H31ClF3N5O2/c1-14-31-11-16(12-32-14)19(25(7-8-25)24(2,28)29)10-20(35)33-13-17(34(3)4)9-15-5-6-18(23(30)36)22(27)21(15)26/h5-6,11-12,17,19H,7-10,13H2,1-4H3,(H2,30,36)(H,33,35)/t17-,19-/m0/s1. The third kappa shape index (κ3) is 5.98. The Morgan fingerprint density at radius 1 is 1.25 bits per heavy atom. The van der Waals surface area contributed by atoms with Crippen LogP contribution < -0.4 is 11.1 Å². The molecule has 2 amide bonds. The number of carbonyl (C=O) groups is 2. The molecule has 0 aliphatic heterocycles. The third-order valence-corrected chi connectivity index (χ3v) is 7.48. The van der Waals surface area contributed by atoms with E-state index in [1.807, 2.05) is 4.90 Å². The predicted molar refractivity (Wildman–Crippen MR) is 131 cm³/mol. The number of amides is 2. The quantitative estimate of drug-likeness (QED) is 0.464. The van der Waals surface area contributed by atoms with Crippen LogP contribution in [0, 0.1) is 18.2 Å². The van der Waals surface area contributed by atoms with Crippen molar-refractivity contribution in [2.24, 2.45) is 11.1 Å². The number of carbonyl (C=O) groups excluding carboxylic acids is 2. The Morgan fingerprint density at radius 3 is 2.36 bits per heavy atom. The van der Waals surface area contributed by atoms with Gasteiger partial charge in [-0.15, -0.1) is 0 Å². The van der Waals surface area contributed by atoms with Crippen molar-refractivity contribution in [3.63, 3.8) is 0 Å². The molecule has 1 aliphatic rings. The Labute approximate surface area is 213 Å². The van der Waals surface area contributed by atoms with E-state index in [-0.39, 0.29) is 41.9 Å². The Morgan fingerprint density at radius 2 is 1.86 bits per heavy atom. The number of hydrogen-bond acceptors (Lipinski definition) is 5. The zero-order valence-electron chi connectivity index (χ0n) is 20.7. The Hall–Kier alpha value is -2.72. The average Bonchev–Trinajstić information content (AvgIpc) is 3.60. The second-order valence-corrected chi connectivity index (χ2v) is 10.1. The molecule has 0 spiro atoms. The number of aromatic nitrogens is 2. The van der Waals surface area contributed by atoms with E-state index in [0.29, 0.717) is 29.8 Å². The van der Waals surface area contributed by atoms with Crippen molar-refractivity contribution in [2.75, 3.05) is 20.6 Å². The van der Waals surface area contributed by atoms with E-state index in [0.717, 1.165) is 6.92 Å². The van der Waals surface area contributed by atoms with Crippen molar-refractivity contribution in [1.82, 2.24) is 20.2 Å². The first kappa shape index (κ1) is 27.9. The van der Waals surface area contributed by atoms with Gasteiger partial charge in [0.25, 0.3) is 11.8 Å². The number of hydrogen-bond donors (Lipinski definition) is 2. The molecule has 1 aliphatic carbocycles. The molecule has 2 atom stereocenters. The molecule has 1 heterocycles. The Kier molecular flexibility index (Phi) is 8.30. The smallest absolute Gasteiger partial charge is 0.251 e. The molecule has 36 heavy (non-hydrogen) atoms. The normalized spacial score (nSPS) is 16.5. The molecule has 196 valence electrons. The van der Waals surface area contributed by atoms with Crippen LogP contribution in [-0.2, 0) is 11.2 Å². The summed E-state index contributed by atoms with van der Waals surface area (Å²) in [5, 5.41) is 2.63. The van der Waals surface area contributed by atoms with Crippen molar-refractivity contribution >= 4 is 23.4 Å². The van der Waals surface area contributed by atoms with Crippen LogP contribution in [0.2, 0.25) is 5.02 Å². The molecular formula is C25H31ClF3N5O2. The molecule has 0 bridgehead atoms. The number of rotatable bonds is 11. The average molecular weight is 526 g/mol. The van der Waals surface area contributed by atoms with Gasteiger partial charge < -0.3 is 16.0 Å². The van der Waals surface area contributed by atoms with Gasteiger partial charge in [0.05, 0.1) is 10.6 Å². The number of nitrogens with zero attached hydrogens (tertiary/aromatic N) is 3. The van der Waals surface area contributed by atoms with E-state index >= 15 is 0 Å². The minimum atomic E-state index is -2.97. The van der Waals surface area contributed by atoms with Crippen molar-refractivity contribution in [2.45, 2.75) is 57.4 Å². The second-order valence-electron chi connectivity index (χ2n) is 9.75. The highest BCUT2D eigenvalue weighted by atomic mass is 35.5. The van der Waals surface area contributed by atoms with E-state index in [1.165, 1.54) is 24.5 Å². The summed E-state index contributed by atoms with van der Waals surface area (Å²) in [6.45, 7) is 2.77. The topological polar surface area (TPSA) is 101 Å². The highest BCUT2D eigenvalue weighted by molar-refractivity contribution is 6.32. The lowest BCUT2D eigenvalue weighted by atomic mass is 9.78. The number of alkyl halides is 2. The molecule has 1 fully saturated rings. The maximum atomic E-state index is 14.6. The van der Waals surface area contributed by atoms with Crippen LogP contribution >= 0.6 is 11.6 Å². The SMILES string of the molecule is Cc1ncc([C@H](CC(=O)NC[C@H](Cc2ccc(C(N)=O)c(F)c2Cl)N(C)C)C2(C(C)(F)F)CC2)cn1. The molecule has 0 radical (unpaired) electrons. The summed E-state index contributed by atoms with van der Waals surface area (Å²) in [5.74, 6) is -5.38. The fourth-order valence-electron chi connectivity index (χ4n) is 4.56. The zero-order chi connectivity index (χ0) is 26.8. The van der Waals surface area contributed by atoms with E-state index in [1.54, 1.807) is 21.0 Å². The molecule has 1 aromatic heterocycles. The Balaban J connectivity index is 1.73. The Bertz CT molecular complexity index is 1120. The monoisotopic (exact) mass is 525 g/mol. The summed E-state index contributed by atoms with van der Waals surface area (Å²) in [7, 11) is 3.59. The number of primary amides is 1. The first-order valence-corrected chi connectivity index (χ1v) is 12.0. The highest BCUT2D eigenvalue weighted by Gasteiger charge is 2.63. The van der Waals surface area contributed by atoms with Gasteiger partial charge in [-0.3, -0.25) is 9.59 Å². The molecular weight excluding hydrogens is 495 g/mol. The summed E-state index contributed by atoms with van der Waals surface area (Å²) in [5.41, 5.74) is 4.52. The minimum absolute atomic E-state index is 0.140. The van der Waals surface area contributed by atoms with Gasteiger partial charge in [0.2, 0.25) is 5.91 Å². The summed E-state index contributed by atoms with van der Waals surface area (Å²) >= 11 is 6.13. The van der Waals surface area contributed by atoms with Gasteiger partial charge in [0.1, 0.15) is 5.82 Å². The number of nitrogens with one attached hydrogen (secondary N) is 1. The maximum absolute atomic E-state index is 14.6. The molecule has 3 rings (SSSR count). The van der Waals surface area contributed by atoms with Gasteiger partial charge in [-0.2, -0.15) is 0 Å². The number of nitrogens with two attached hydrogens (primary N) is 1. The number of benzene rings is 1. The maximum Gasteiger partial charge on any atom is 0.251 e. The van der Waals surface area contributed by atoms with Crippen molar-refractivity contribution in [3.05, 3.63) is 57.9 Å². The van der Waals surface area contributed by atoms with Crippen molar-refractivity contribution < 1.29 is 22.8 Å². The first-order chi connectivity index (χ1) is 16.8. The van der Waals surface area contributed by atoms with Gasteiger partial charge in [0, 0.05) is 42.7 Å². The van der Waals surface area contributed by atoms with Crippen LogP contribution in [0.3, 0.4) is 0 Å². The van der Waals surface area contributed by atoms with E-state index < -0.39 is 29.0 Å². The first-order valence-electron chi connectivity index (χ1n) is 11.6. The van der Waals surface area contributed by atoms with Crippen molar-refractivity contribution in [3.8, 4) is 0 Å². The molecule has 1 saturated carbocycles.